The average Bonchev–Trinajstić information content (AvgIpc) is 2.79. The molecule has 3 rings (SSSR count). The molecule has 0 spiro atoms. The van der Waals surface area contributed by atoms with Crippen LogP contribution in [0.25, 0.3) is 11.4 Å². The molecule has 3 aromatic rings. The number of aromatic nitrogens is 3. The number of pyridine rings is 1. The molecular formula is C23H26N4O4. The number of hydrogen-bond acceptors (Lipinski definition) is 6. The van der Waals surface area contributed by atoms with Crippen LogP contribution >= 0.6 is 0 Å². The van der Waals surface area contributed by atoms with Crippen molar-refractivity contribution in [3.8, 4) is 22.9 Å². The predicted octanol–water partition coefficient (Wildman–Crippen LogP) is 2.75. The molecule has 0 atom stereocenters. The van der Waals surface area contributed by atoms with E-state index in [1.807, 2.05) is 12.1 Å². The van der Waals surface area contributed by atoms with E-state index in [9.17, 15) is 9.59 Å². The quantitative estimate of drug-likeness (QED) is 0.600. The summed E-state index contributed by atoms with van der Waals surface area (Å²) in [5.74, 6) is 1.76. The van der Waals surface area contributed by atoms with Gasteiger partial charge >= 0.3 is 0 Å². The lowest BCUT2D eigenvalue weighted by atomic mass is 10.1. The van der Waals surface area contributed by atoms with Crippen molar-refractivity contribution in [3.05, 3.63) is 69.9 Å². The molecule has 2 heterocycles. The molecule has 0 saturated carbocycles. The van der Waals surface area contributed by atoms with Crippen molar-refractivity contribution in [1.82, 2.24) is 19.9 Å². The Kier molecular flexibility index (Phi) is 7.02. The van der Waals surface area contributed by atoms with Gasteiger partial charge in [0.1, 0.15) is 17.3 Å². The first-order valence-corrected chi connectivity index (χ1v) is 9.88. The van der Waals surface area contributed by atoms with Crippen LogP contribution in [0.3, 0.4) is 0 Å². The van der Waals surface area contributed by atoms with Gasteiger partial charge in [-0.15, -0.1) is 0 Å². The van der Waals surface area contributed by atoms with Crippen molar-refractivity contribution < 1.29 is 14.3 Å². The SMILES string of the molecule is COc1ccc(CN(C)C(=O)CCc2c(C)nc(-c3ccncc3)[nH]c2=O)c(OC)c1. The molecule has 0 fully saturated rings. The number of H-pyrrole nitrogens is 1. The normalized spacial score (nSPS) is 10.6. The van der Waals surface area contributed by atoms with E-state index in [0.29, 0.717) is 41.5 Å². The van der Waals surface area contributed by atoms with E-state index in [0.717, 1.165) is 11.1 Å². The third-order valence-corrected chi connectivity index (χ3v) is 5.09. The minimum Gasteiger partial charge on any atom is -0.497 e. The van der Waals surface area contributed by atoms with E-state index in [-0.39, 0.29) is 17.9 Å². The molecule has 0 bridgehead atoms. The van der Waals surface area contributed by atoms with Gasteiger partial charge in [-0.1, -0.05) is 0 Å². The number of methoxy groups -OCH3 is 2. The molecule has 8 nitrogen and oxygen atoms in total. The van der Waals surface area contributed by atoms with E-state index in [1.54, 1.807) is 63.7 Å². The number of nitrogens with one attached hydrogen (secondary N) is 1. The average molecular weight is 422 g/mol. The Morgan fingerprint density at radius 2 is 1.87 bits per heavy atom. The van der Waals surface area contributed by atoms with Gasteiger partial charge in [0.2, 0.25) is 5.91 Å². The van der Waals surface area contributed by atoms with E-state index in [4.69, 9.17) is 9.47 Å². The highest BCUT2D eigenvalue weighted by Crippen LogP contribution is 2.25. The first-order valence-electron chi connectivity index (χ1n) is 9.88. The maximum Gasteiger partial charge on any atom is 0.254 e. The van der Waals surface area contributed by atoms with E-state index in [2.05, 4.69) is 15.0 Å². The van der Waals surface area contributed by atoms with Crippen molar-refractivity contribution in [2.24, 2.45) is 0 Å². The summed E-state index contributed by atoms with van der Waals surface area (Å²) in [5, 5.41) is 0. The van der Waals surface area contributed by atoms with E-state index >= 15 is 0 Å². The highest BCUT2D eigenvalue weighted by Gasteiger charge is 2.16. The number of aromatic amines is 1. The Hall–Kier alpha value is -3.68. The molecule has 162 valence electrons. The smallest absolute Gasteiger partial charge is 0.254 e. The second kappa shape index (κ2) is 9.88. The zero-order valence-corrected chi connectivity index (χ0v) is 18.1. The number of hydrogen-bond donors (Lipinski definition) is 1. The molecule has 1 aromatic carbocycles. The van der Waals surface area contributed by atoms with Crippen molar-refractivity contribution in [1.29, 1.82) is 0 Å². The largest absolute Gasteiger partial charge is 0.497 e. The number of benzene rings is 1. The van der Waals surface area contributed by atoms with Gasteiger partial charge in [0.15, 0.2) is 0 Å². The zero-order chi connectivity index (χ0) is 22.4. The van der Waals surface area contributed by atoms with Crippen molar-refractivity contribution in [2.45, 2.75) is 26.3 Å². The number of carbonyl (C=O) groups excluding carboxylic acids is 1. The number of rotatable bonds is 8. The summed E-state index contributed by atoms with van der Waals surface area (Å²) in [5.41, 5.74) is 2.55. The maximum atomic E-state index is 12.7. The number of ether oxygens (including phenoxy) is 2. The molecule has 0 aliphatic rings. The highest BCUT2D eigenvalue weighted by atomic mass is 16.5. The van der Waals surface area contributed by atoms with Crippen molar-refractivity contribution in [2.75, 3.05) is 21.3 Å². The summed E-state index contributed by atoms with van der Waals surface area (Å²) >= 11 is 0. The highest BCUT2D eigenvalue weighted by molar-refractivity contribution is 5.76. The Balaban J connectivity index is 1.67. The summed E-state index contributed by atoms with van der Waals surface area (Å²) in [4.78, 5) is 38.2. The Labute approximate surface area is 180 Å². The number of aryl methyl sites for hydroxylation is 1. The summed E-state index contributed by atoms with van der Waals surface area (Å²) in [7, 11) is 4.90. The molecule has 31 heavy (non-hydrogen) atoms. The molecular weight excluding hydrogens is 396 g/mol. The third kappa shape index (κ3) is 5.28. The van der Waals surface area contributed by atoms with Crippen LogP contribution in [-0.4, -0.2) is 47.0 Å². The molecule has 0 aliphatic heterocycles. The van der Waals surface area contributed by atoms with Crippen LogP contribution in [0, 0.1) is 6.92 Å². The van der Waals surface area contributed by atoms with Gasteiger partial charge in [-0.2, -0.15) is 0 Å². The summed E-state index contributed by atoms with van der Waals surface area (Å²) in [6.45, 7) is 2.17. The van der Waals surface area contributed by atoms with Crippen LogP contribution in [-0.2, 0) is 17.8 Å². The lowest BCUT2D eigenvalue weighted by molar-refractivity contribution is -0.130. The van der Waals surface area contributed by atoms with Crippen molar-refractivity contribution >= 4 is 5.91 Å². The molecule has 0 unspecified atom stereocenters. The van der Waals surface area contributed by atoms with Gasteiger partial charge in [-0.25, -0.2) is 4.98 Å². The molecule has 2 aromatic heterocycles. The topological polar surface area (TPSA) is 97.4 Å². The van der Waals surface area contributed by atoms with Gasteiger partial charge in [-0.05, 0) is 37.6 Å². The van der Waals surface area contributed by atoms with Crippen LogP contribution in [0.4, 0.5) is 0 Å². The monoisotopic (exact) mass is 422 g/mol. The first kappa shape index (κ1) is 22.0. The fraction of sp³-hybridized carbons (Fsp3) is 0.304. The van der Waals surface area contributed by atoms with Crippen LogP contribution in [0.5, 0.6) is 11.5 Å². The van der Waals surface area contributed by atoms with Gasteiger partial charge in [0.05, 0.1) is 14.2 Å². The Morgan fingerprint density at radius 1 is 1.13 bits per heavy atom. The number of nitrogens with zero attached hydrogens (tertiary/aromatic N) is 3. The van der Waals surface area contributed by atoms with Crippen LogP contribution in [0.15, 0.2) is 47.5 Å². The maximum absolute atomic E-state index is 12.7. The predicted molar refractivity (Wildman–Crippen MR) is 117 cm³/mol. The molecule has 1 N–H and O–H groups in total. The Bertz CT molecular complexity index is 1110. The molecule has 0 radical (unpaired) electrons. The molecule has 0 saturated heterocycles. The zero-order valence-electron chi connectivity index (χ0n) is 18.1. The summed E-state index contributed by atoms with van der Waals surface area (Å²) in [6, 6.07) is 9.05. The van der Waals surface area contributed by atoms with Crippen LogP contribution in [0.2, 0.25) is 0 Å². The van der Waals surface area contributed by atoms with E-state index < -0.39 is 0 Å². The second-order valence-corrected chi connectivity index (χ2v) is 7.14. The number of amides is 1. The molecule has 0 aliphatic carbocycles. The van der Waals surface area contributed by atoms with E-state index in [1.165, 1.54) is 0 Å². The lowest BCUT2D eigenvalue weighted by Crippen LogP contribution is -2.28. The molecule has 8 heteroatoms. The first-order chi connectivity index (χ1) is 14.9. The summed E-state index contributed by atoms with van der Waals surface area (Å²) < 4.78 is 10.6. The Morgan fingerprint density at radius 3 is 2.52 bits per heavy atom. The number of carbonyl (C=O) groups is 1. The van der Waals surface area contributed by atoms with Crippen LogP contribution in [0.1, 0.15) is 23.2 Å². The van der Waals surface area contributed by atoms with Gasteiger partial charge in [0.25, 0.3) is 5.56 Å². The van der Waals surface area contributed by atoms with Gasteiger partial charge in [0, 0.05) is 60.9 Å². The fourth-order valence-corrected chi connectivity index (χ4v) is 3.30. The standard InChI is InChI=1S/C23H26N4O4/c1-15-19(23(29)26-22(25-15)16-9-11-24-12-10-16)7-8-21(28)27(2)14-17-5-6-18(30-3)13-20(17)31-4/h5-6,9-13H,7-8,14H2,1-4H3,(H,25,26,29). The minimum atomic E-state index is -0.230. The lowest BCUT2D eigenvalue weighted by Gasteiger charge is -2.19. The summed E-state index contributed by atoms with van der Waals surface area (Å²) in [6.07, 6.45) is 3.80. The molecule has 1 amide bonds. The van der Waals surface area contributed by atoms with Crippen molar-refractivity contribution in [3.63, 3.8) is 0 Å². The third-order valence-electron chi connectivity index (χ3n) is 5.09. The second-order valence-electron chi connectivity index (χ2n) is 7.14. The van der Waals surface area contributed by atoms with Gasteiger partial charge < -0.3 is 19.4 Å². The minimum absolute atomic E-state index is 0.0742. The fourth-order valence-electron chi connectivity index (χ4n) is 3.30. The van der Waals surface area contributed by atoms with Gasteiger partial charge in [-0.3, -0.25) is 14.6 Å². The van der Waals surface area contributed by atoms with Crippen LogP contribution < -0.4 is 15.0 Å².